The summed E-state index contributed by atoms with van der Waals surface area (Å²) in [5.74, 6) is -0.729. The number of unbranched alkanes of at least 4 members (excludes halogenated alkanes) is 3. The second-order valence-corrected chi connectivity index (χ2v) is 13.7. The van der Waals surface area contributed by atoms with Crippen molar-refractivity contribution in [1.29, 1.82) is 0 Å². The first kappa shape index (κ1) is 53.5. The maximum Gasteiger partial charge on any atom is 0.306 e. The molecular formula is C53H78O5. The quantitative estimate of drug-likeness (QED) is 0.0385. The molecule has 0 heterocycles. The van der Waals surface area contributed by atoms with Crippen LogP contribution in [0.2, 0.25) is 0 Å². The van der Waals surface area contributed by atoms with Gasteiger partial charge < -0.3 is 14.6 Å². The highest BCUT2D eigenvalue weighted by atomic mass is 16.6. The monoisotopic (exact) mass is 795 g/mol. The molecule has 0 bridgehead atoms. The number of ether oxygens (including phenoxy) is 2. The van der Waals surface area contributed by atoms with E-state index in [1.54, 1.807) is 0 Å². The van der Waals surface area contributed by atoms with Gasteiger partial charge in [0.05, 0.1) is 6.61 Å². The van der Waals surface area contributed by atoms with Crippen LogP contribution < -0.4 is 0 Å². The van der Waals surface area contributed by atoms with Gasteiger partial charge in [-0.15, -0.1) is 0 Å². The maximum atomic E-state index is 12.2. The molecule has 0 amide bonds. The molecule has 0 fully saturated rings. The number of aliphatic hydroxyl groups excluding tert-OH is 1. The summed E-state index contributed by atoms with van der Waals surface area (Å²) < 4.78 is 10.5. The van der Waals surface area contributed by atoms with Crippen LogP contribution in [-0.2, 0) is 19.1 Å². The Labute approximate surface area is 354 Å². The number of esters is 2. The minimum absolute atomic E-state index is 0.123. The van der Waals surface area contributed by atoms with Gasteiger partial charge in [-0.3, -0.25) is 9.59 Å². The zero-order valence-corrected chi connectivity index (χ0v) is 36.2. The lowest BCUT2D eigenvalue weighted by molar-refractivity contribution is -0.161. The van der Waals surface area contributed by atoms with Crippen molar-refractivity contribution in [3.63, 3.8) is 0 Å². The molecule has 0 radical (unpaired) electrons. The lowest BCUT2D eigenvalue weighted by Gasteiger charge is -2.15. The predicted molar refractivity (Wildman–Crippen MR) is 250 cm³/mol. The fourth-order valence-corrected chi connectivity index (χ4v) is 5.07. The van der Waals surface area contributed by atoms with Gasteiger partial charge in [0.25, 0.3) is 0 Å². The number of allylic oxidation sites excluding steroid dienone is 26. The van der Waals surface area contributed by atoms with E-state index in [-0.39, 0.29) is 25.6 Å². The lowest BCUT2D eigenvalue weighted by atomic mass is 10.2. The number of carbonyl (C=O) groups is 2. The fraction of sp³-hybridized carbons (Fsp3) is 0.472. The van der Waals surface area contributed by atoms with Crippen LogP contribution in [-0.4, -0.2) is 36.4 Å². The average Bonchev–Trinajstić information content (AvgIpc) is 3.23. The third kappa shape index (κ3) is 44.2. The van der Waals surface area contributed by atoms with E-state index in [1.165, 1.54) is 0 Å². The van der Waals surface area contributed by atoms with Gasteiger partial charge in [0.2, 0.25) is 0 Å². The van der Waals surface area contributed by atoms with Gasteiger partial charge in [-0.2, -0.15) is 0 Å². The molecule has 5 heteroatoms. The fourth-order valence-electron chi connectivity index (χ4n) is 5.07. The molecule has 0 saturated carbocycles. The highest BCUT2D eigenvalue weighted by molar-refractivity contribution is 5.70. The van der Waals surface area contributed by atoms with Gasteiger partial charge >= 0.3 is 11.9 Å². The highest BCUT2D eigenvalue weighted by Crippen LogP contribution is 2.07. The SMILES string of the molecule is CC/C=C\C/C=C\C/C=C\C/C=C\C/C=C\C/C=C\C/C=C\C/C=C\C/C=C\CCCC(=O)OC(CO)COC(=O)CCCC/C=C\C/C=C\C/C=C\C/C=C\CC. The van der Waals surface area contributed by atoms with Crippen molar-refractivity contribution >= 4 is 11.9 Å². The van der Waals surface area contributed by atoms with Crippen molar-refractivity contribution in [3.05, 3.63) is 158 Å². The molecule has 58 heavy (non-hydrogen) atoms. The number of hydrogen-bond acceptors (Lipinski definition) is 5. The number of aliphatic hydroxyl groups is 1. The number of hydrogen-bond donors (Lipinski definition) is 1. The van der Waals surface area contributed by atoms with Crippen molar-refractivity contribution in [2.45, 2.75) is 148 Å². The normalized spacial score (nSPS) is 13.8. The molecule has 1 N–H and O–H groups in total. The molecule has 0 rings (SSSR count). The van der Waals surface area contributed by atoms with Gasteiger partial charge in [0, 0.05) is 12.8 Å². The van der Waals surface area contributed by atoms with Gasteiger partial charge in [0.1, 0.15) is 6.61 Å². The Morgan fingerprint density at radius 1 is 0.397 bits per heavy atom. The molecule has 0 aromatic carbocycles. The standard InChI is InChI=1S/C53H78O5/c1-3-5-7-9-11-13-15-17-19-20-21-22-23-24-25-26-27-28-29-30-31-32-34-36-38-40-42-44-46-48-53(56)58-51(49-54)50-57-52(55)47-45-43-41-39-37-35-33-18-16-14-12-10-8-6-4-2/h5-8,11-14,17-19,21-22,24-25,27-28,30-31,33-34,36-37,39-40,42,51,54H,3-4,9-10,15-16,20,23,26,29,32,35,38,41,43-50H2,1-2H3/b7-5-,8-6-,13-11-,14-12-,19-17-,22-21-,25-24-,28-27-,31-30-,33-18-,36-34-,39-37-,42-40-. The number of carbonyl (C=O) groups excluding carboxylic acids is 2. The van der Waals surface area contributed by atoms with E-state index < -0.39 is 12.1 Å². The van der Waals surface area contributed by atoms with Crippen LogP contribution in [0, 0.1) is 0 Å². The third-order valence-corrected chi connectivity index (χ3v) is 8.32. The Balaban J connectivity index is 3.80. The summed E-state index contributed by atoms with van der Waals surface area (Å²) in [6, 6.07) is 0. The van der Waals surface area contributed by atoms with E-state index in [9.17, 15) is 14.7 Å². The largest absolute Gasteiger partial charge is 0.462 e. The third-order valence-electron chi connectivity index (χ3n) is 8.32. The molecule has 0 aliphatic heterocycles. The van der Waals surface area contributed by atoms with E-state index in [0.717, 1.165) is 109 Å². The molecule has 1 unspecified atom stereocenters. The zero-order valence-electron chi connectivity index (χ0n) is 36.2. The van der Waals surface area contributed by atoms with E-state index in [1.807, 2.05) is 0 Å². The summed E-state index contributed by atoms with van der Waals surface area (Å²) in [4.78, 5) is 24.3. The van der Waals surface area contributed by atoms with Gasteiger partial charge in [-0.1, -0.05) is 172 Å². The second-order valence-electron chi connectivity index (χ2n) is 13.7. The van der Waals surface area contributed by atoms with Crippen molar-refractivity contribution < 1.29 is 24.2 Å². The molecule has 5 nitrogen and oxygen atoms in total. The molecule has 0 aliphatic carbocycles. The van der Waals surface area contributed by atoms with Crippen LogP contribution in [0.25, 0.3) is 0 Å². The lowest BCUT2D eigenvalue weighted by Crippen LogP contribution is -2.28. The topological polar surface area (TPSA) is 72.8 Å². The van der Waals surface area contributed by atoms with Crippen LogP contribution in [0.3, 0.4) is 0 Å². The first-order valence-corrected chi connectivity index (χ1v) is 22.0. The molecule has 0 spiro atoms. The zero-order chi connectivity index (χ0) is 42.1. The Bertz CT molecular complexity index is 1360. The van der Waals surface area contributed by atoms with Gasteiger partial charge in [0.15, 0.2) is 6.10 Å². The first-order chi connectivity index (χ1) is 28.6. The molecular weight excluding hydrogens is 717 g/mol. The Hall–Kier alpha value is -4.48. The highest BCUT2D eigenvalue weighted by Gasteiger charge is 2.15. The van der Waals surface area contributed by atoms with Crippen LogP contribution in [0.15, 0.2) is 158 Å². The summed E-state index contributed by atoms with van der Waals surface area (Å²) in [5.41, 5.74) is 0. The van der Waals surface area contributed by atoms with Crippen LogP contribution in [0.5, 0.6) is 0 Å². The minimum atomic E-state index is -0.832. The Kier molecular flexibility index (Phi) is 43.3. The van der Waals surface area contributed by atoms with Gasteiger partial charge in [-0.25, -0.2) is 0 Å². The Morgan fingerprint density at radius 2 is 0.690 bits per heavy atom. The number of rotatable bonds is 37. The van der Waals surface area contributed by atoms with Crippen molar-refractivity contribution in [2.75, 3.05) is 13.2 Å². The van der Waals surface area contributed by atoms with Crippen LogP contribution in [0.1, 0.15) is 142 Å². The molecule has 0 aliphatic rings. The van der Waals surface area contributed by atoms with E-state index in [4.69, 9.17) is 9.47 Å². The van der Waals surface area contributed by atoms with Crippen molar-refractivity contribution in [3.8, 4) is 0 Å². The smallest absolute Gasteiger partial charge is 0.306 e. The average molecular weight is 795 g/mol. The second kappa shape index (κ2) is 46.9. The van der Waals surface area contributed by atoms with Crippen molar-refractivity contribution in [2.24, 2.45) is 0 Å². The van der Waals surface area contributed by atoms with E-state index in [0.29, 0.717) is 12.8 Å². The summed E-state index contributed by atoms with van der Waals surface area (Å²) in [6.07, 6.45) is 73.2. The molecule has 1 atom stereocenters. The van der Waals surface area contributed by atoms with E-state index >= 15 is 0 Å². The molecule has 0 saturated heterocycles. The molecule has 0 aromatic heterocycles. The first-order valence-electron chi connectivity index (χ1n) is 22.0. The summed E-state index contributed by atoms with van der Waals surface area (Å²) in [5, 5.41) is 9.57. The van der Waals surface area contributed by atoms with Crippen LogP contribution in [0.4, 0.5) is 0 Å². The predicted octanol–water partition coefficient (Wildman–Crippen LogP) is 14.5. The molecule has 320 valence electrons. The maximum absolute atomic E-state index is 12.2. The molecule has 0 aromatic rings. The summed E-state index contributed by atoms with van der Waals surface area (Å²) in [7, 11) is 0. The summed E-state index contributed by atoms with van der Waals surface area (Å²) >= 11 is 0. The van der Waals surface area contributed by atoms with E-state index in [2.05, 4.69) is 172 Å². The minimum Gasteiger partial charge on any atom is -0.462 e. The van der Waals surface area contributed by atoms with Crippen molar-refractivity contribution in [1.82, 2.24) is 0 Å². The van der Waals surface area contributed by atoms with Gasteiger partial charge in [-0.05, 0) is 116 Å². The van der Waals surface area contributed by atoms with Crippen LogP contribution >= 0.6 is 0 Å². The Morgan fingerprint density at radius 3 is 1.02 bits per heavy atom. The summed E-state index contributed by atoms with van der Waals surface area (Å²) in [6.45, 7) is 3.79.